The summed E-state index contributed by atoms with van der Waals surface area (Å²) in [7, 11) is 0. The third kappa shape index (κ3) is 2.07. The van der Waals surface area contributed by atoms with E-state index in [2.05, 4.69) is 11.1 Å². The molecule has 0 saturated heterocycles. The van der Waals surface area contributed by atoms with E-state index in [0.717, 1.165) is 21.6 Å². The van der Waals surface area contributed by atoms with Crippen LogP contribution in [0.5, 0.6) is 0 Å². The Kier molecular flexibility index (Phi) is 3.12. The minimum absolute atomic E-state index is 0.471. The van der Waals surface area contributed by atoms with Gasteiger partial charge in [-0.3, -0.25) is 4.57 Å². The first kappa shape index (κ1) is 12.4. The molecule has 0 saturated carbocycles. The van der Waals surface area contributed by atoms with Gasteiger partial charge in [0.15, 0.2) is 0 Å². The van der Waals surface area contributed by atoms with Crippen LogP contribution in [0.3, 0.4) is 0 Å². The van der Waals surface area contributed by atoms with Gasteiger partial charge in [-0.1, -0.05) is 23.7 Å². The van der Waals surface area contributed by atoms with E-state index in [1.54, 1.807) is 11.8 Å². The molecule has 2 aromatic carbocycles. The van der Waals surface area contributed by atoms with Crippen molar-refractivity contribution in [3.63, 3.8) is 0 Å². The molecule has 3 rings (SSSR count). The van der Waals surface area contributed by atoms with Crippen molar-refractivity contribution in [3.05, 3.63) is 47.5 Å². The number of aromatic nitrogens is 2. The quantitative estimate of drug-likeness (QED) is 0.726. The van der Waals surface area contributed by atoms with Crippen LogP contribution in [0.25, 0.3) is 16.7 Å². The zero-order valence-electron chi connectivity index (χ0n) is 10.3. The second-order valence-electron chi connectivity index (χ2n) is 4.11. The SMILES string of the molecule is CSc1ccccc1-n1c(N)nc2cc(Cl)ccc21. The van der Waals surface area contributed by atoms with Gasteiger partial charge in [-0.05, 0) is 36.6 Å². The first-order valence-electron chi connectivity index (χ1n) is 5.77. The smallest absolute Gasteiger partial charge is 0.205 e. The lowest BCUT2D eigenvalue weighted by atomic mass is 10.3. The van der Waals surface area contributed by atoms with Crippen LogP contribution in [0.1, 0.15) is 0 Å². The Hall–Kier alpha value is -1.65. The molecule has 0 spiro atoms. The molecule has 19 heavy (non-hydrogen) atoms. The van der Waals surface area contributed by atoms with Gasteiger partial charge in [0, 0.05) is 9.92 Å². The van der Waals surface area contributed by atoms with E-state index in [1.807, 2.05) is 47.2 Å². The zero-order valence-corrected chi connectivity index (χ0v) is 11.9. The molecule has 0 radical (unpaired) electrons. The number of nitrogens with two attached hydrogens (primary N) is 1. The first-order chi connectivity index (χ1) is 9.20. The second kappa shape index (κ2) is 4.79. The molecule has 0 unspecified atom stereocenters. The maximum absolute atomic E-state index is 6.06. The van der Waals surface area contributed by atoms with Gasteiger partial charge in [-0.2, -0.15) is 0 Å². The van der Waals surface area contributed by atoms with Crippen LogP contribution < -0.4 is 5.73 Å². The lowest BCUT2D eigenvalue weighted by Crippen LogP contribution is -2.01. The van der Waals surface area contributed by atoms with E-state index >= 15 is 0 Å². The predicted molar refractivity (Wildman–Crippen MR) is 82.3 cm³/mol. The number of halogens is 1. The maximum atomic E-state index is 6.06. The molecule has 3 nitrogen and oxygen atoms in total. The van der Waals surface area contributed by atoms with Gasteiger partial charge in [0.2, 0.25) is 5.95 Å². The number of benzene rings is 2. The highest BCUT2D eigenvalue weighted by Crippen LogP contribution is 2.30. The first-order valence-corrected chi connectivity index (χ1v) is 7.38. The number of hydrogen-bond donors (Lipinski definition) is 1. The van der Waals surface area contributed by atoms with E-state index in [9.17, 15) is 0 Å². The molecular weight excluding hydrogens is 278 g/mol. The highest BCUT2D eigenvalue weighted by Gasteiger charge is 2.12. The summed E-state index contributed by atoms with van der Waals surface area (Å²) < 4.78 is 1.96. The van der Waals surface area contributed by atoms with E-state index in [0.29, 0.717) is 11.0 Å². The van der Waals surface area contributed by atoms with Crippen molar-refractivity contribution in [2.45, 2.75) is 4.90 Å². The third-order valence-electron chi connectivity index (χ3n) is 2.97. The number of hydrogen-bond acceptors (Lipinski definition) is 3. The van der Waals surface area contributed by atoms with Gasteiger partial charge in [0.05, 0.1) is 16.7 Å². The van der Waals surface area contributed by atoms with Crippen molar-refractivity contribution >= 4 is 40.3 Å². The number of imidazole rings is 1. The highest BCUT2D eigenvalue weighted by atomic mass is 35.5. The normalized spacial score (nSPS) is 11.1. The minimum Gasteiger partial charge on any atom is -0.369 e. The molecular formula is C14H12ClN3S. The third-order valence-corrected chi connectivity index (χ3v) is 3.99. The number of rotatable bonds is 2. The lowest BCUT2D eigenvalue weighted by molar-refractivity contribution is 1.07. The monoisotopic (exact) mass is 289 g/mol. The maximum Gasteiger partial charge on any atom is 0.205 e. The average Bonchev–Trinajstić information content (AvgIpc) is 2.73. The fourth-order valence-corrected chi connectivity index (χ4v) is 2.89. The Morgan fingerprint density at radius 1 is 1.21 bits per heavy atom. The van der Waals surface area contributed by atoms with Crippen LogP contribution >= 0.6 is 23.4 Å². The number of anilines is 1. The molecule has 5 heteroatoms. The van der Waals surface area contributed by atoms with Crippen molar-refractivity contribution < 1.29 is 0 Å². The Labute approximate surface area is 120 Å². The Morgan fingerprint density at radius 3 is 2.79 bits per heavy atom. The Morgan fingerprint density at radius 2 is 2.00 bits per heavy atom. The van der Waals surface area contributed by atoms with E-state index < -0.39 is 0 Å². The molecule has 2 N–H and O–H groups in total. The predicted octanol–water partition coefficient (Wildman–Crippen LogP) is 3.98. The second-order valence-corrected chi connectivity index (χ2v) is 5.39. The van der Waals surface area contributed by atoms with Gasteiger partial charge in [0.25, 0.3) is 0 Å². The van der Waals surface area contributed by atoms with Gasteiger partial charge in [-0.15, -0.1) is 11.8 Å². The molecule has 0 amide bonds. The van der Waals surface area contributed by atoms with Gasteiger partial charge in [-0.25, -0.2) is 4.98 Å². The topological polar surface area (TPSA) is 43.8 Å². The molecule has 0 aliphatic heterocycles. The molecule has 0 aliphatic rings. The average molecular weight is 290 g/mol. The standard InChI is InChI=1S/C14H12ClN3S/c1-19-13-5-3-2-4-12(13)18-11-7-6-9(15)8-10(11)17-14(18)16/h2-8H,1H3,(H2,16,17). The van der Waals surface area contributed by atoms with E-state index in [4.69, 9.17) is 17.3 Å². The Bertz CT molecular complexity index is 752. The van der Waals surface area contributed by atoms with Crippen LogP contribution in [0.15, 0.2) is 47.4 Å². The summed E-state index contributed by atoms with van der Waals surface area (Å²) in [5, 5.41) is 0.662. The molecule has 1 aromatic heterocycles. The molecule has 0 bridgehead atoms. The van der Waals surface area contributed by atoms with Crippen LogP contribution in [0.4, 0.5) is 5.95 Å². The molecule has 3 aromatic rings. The minimum atomic E-state index is 0.471. The van der Waals surface area contributed by atoms with Gasteiger partial charge in [0.1, 0.15) is 0 Å². The number of nitrogen functional groups attached to an aromatic ring is 1. The van der Waals surface area contributed by atoms with Crippen molar-refractivity contribution in [3.8, 4) is 5.69 Å². The number of thioether (sulfide) groups is 1. The van der Waals surface area contributed by atoms with Crippen LogP contribution in [-0.4, -0.2) is 15.8 Å². The molecule has 1 heterocycles. The zero-order chi connectivity index (χ0) is 13.4. The number of para-hydroxylation sites is 1. The summed E-state index contributed by atoms with van der Waals surface area (Å²) in [6, 6.07) is 13.7. The summed E-state index contributed by atoms with van der Waals surface area (Å²) in [6.45, 7) is 0. The van der Waals surface area contributed by atoms with Crippen LogP contribution in [0.2, 0.25) is 5.02 Å². The summed E-state index contributed by atoms with van der Waals surface area (Å²) >= 11 is 7.67. The largest absolute Gasteiger partial charge is 0.369 e. The van der Waals surface area contributed by atoms with E-state index in [-0.39, 0.29) is 0 Å². The lowest BCUT2D eigenvalue weighted by Gasteiger charge is -2.10. The summed E-state index contributed by atoms with van der Waals surface area (Å²) in [6.07, 6.45) is 2.05. The fraction of sp³-hybridized carbons (Fsp3) is 0.0714. The fourth-order valence-electron chi connectivity index (χ4n) is 2.14. The van der Waals surface area contributed by atoms with Crippen LogP contribution in [-0.2, 0) is 0 Å². The number of nitrogens with zero attached hydrogens (tertiary/aromatic N) is 2. The van der Waals surface area contributed by atoms with Crippen molar-refractivity contribution in [2.24, 2.45) is 0 Å². The Balaban J connectivity index is 2.33. The van der Waals surface area contributed by atoms with Gasteiger partial charge < -0.3 is 5.73 Å². The summed E-state index contributed by atoms with van der Waals surface area (Å²) in [5.41, 5.74) is 8.87. The summed E-state index contributed by atoms with van der Waals surface area (Å²) in [4.78, 5) is 5.53. The molecule has 0 aliphatic carbocycles. The highest BCUT2D eigenvalue weighted by molar-refractivity contribution is 7.98. The number of fused-ring (bicyclic) bond motifs is 1. The summed E-state index contributed by atoms with van der Waals surface area (Å²) in [5.74, 6) is 0.471. The van der Waals surface area contributed by atoms with Crippen molar-refractivity contribution in [1.82, 2.24) is 9.55 Å². The molecule has 0 atom stereocenters. The molecule has 0 fully saturated rings. The van der Waals surface area contributed by atoms with Crippen molar-refractivity contribution in [1.29, 1.82) is 0 Å². The van der Waals surface area contributed by atoms with Crippen LogP contribution in [0, 0.1) is 0 Å². The molecule has 96 valence electrons. The van der Waals surface area contributed by atoms with Gasteiger partial charge >= 0.3 is 0 Å². The van der Waals surface area contributed by atoms with E-state index in [1.165, 1.54) is 0 Å². The van der Waals surface area contributed by atoms with Crippen molar-refractivity contribution in [2.75, 3.05) is 12.0 Å².